The zero-order valence-corrected chi connectivity index (χ0v) is 13.5. The van der Waals surface area contributed by atoms with Crippen LogP contribution in [-0.2, 0) is 0 Å². The van der Waals surface area contributed by atoms with Crippen molar-refractivity contribution >= 4 is 23.4 Å². The van der Waals surface area contributed by atoms with E-state index in [1.165, 1.54) is 7.11 Å². The molecule has 0 radical (unpaired) electrons. The fraction of sp³-hybridized carbons (Fsp3) is 0.533. The molecule has 5 nitrogen and oxygen atoms in total. The van der Waals surface area contributed by atoms with Crippen molar-refractivity contribution in [1.29, 1.82) is 0 Å². The average Bonchev–Trinajstić information content (AvgIpc) is 2.54. The van der Waals surface area contributed by atoms with E-state index in [2.05, 4.69) is 6.92 Å². The first-order valence-electron chi connectivity index (χ1n) is 7.03. The summed E-state index contributed by atoms with van der Waals surface area (Å²) < 4.78 is 10.4. The predicted molar refractivity (Wildman–Crippen MR) is 86.4 cm³/mol. The Labute approximate surface area is 129 Å². The Kier molecular flexibility index (Phi) is 5.22. The van der Waals surface area contributed by atoms with Crippen molar-refractivity contribution in [2.45, 2.75) is 18.6 Å². The Morgan fingerprint density at radius 2 is 2.19 bits per heavy atom. The SMILES string of the molecule is CCC1CN(C(=O)c2cc(OC)cc(OC)c2N)CCS1. The number of benzene rings is 1. The number of anilines is 1. The van der Waals surface area contributed by atoms with Crippen LogP contribution in [0.4, 0.5) is 5.69 Å². The van der Waals surface area contributed by atoms with Crippen LogP contribution in [0.1, 0.15) is 23.7 Å². The van der Waals surface area contributed by atoms with Crippen LogP contribution < -0.4 is 15.2 Å². The minimum atomic E-state index is -0.0524. The molecule has 2 N–H and O–H groups in total. The zero-order valence-electron chi connectivity index (χ0n) is 12.7. The van der Waals surface area contributed by atoms with Crippen molar-refractivity contribution in [2.75, 3.05) is 38.8 Å². The zero-order chi connectivity index (χ0) is 15.4. The van der Waals surface area contributed by atoms with Crippen LogP contribution in [-0.4, -0.2) is 49.1 Å². The Hall–Kier alpha value is -1.56. The number of carbonyl (C=O) groups is 1. The number of hydrogen-bond acceptors (Lipinski definition) is 5. The van der Waals surface area contributed by atoms with Crippen LogP contribution in [0, 0.1) is 0 Å². The average molecular weight is 310 g/mol. The standard InChI is InChI=1S/C15H22N2O3S/c1-4-11-9-17(5-6-21-11)15(18)12-7-10(19-2)8-13(20-3)14(12)16/h7-8,11H,4-6,9,16H2,1-3H3. The number of nitrogens with two attached hydrogens (primary N) is 1. The van der Waals surface area contributed by atoms with Gasteiger partial charge < -0.3 is 20.1 Å². The normalized spacial score (nSPS) is 18.4. The molecule has 1 heterocycles. The lowest BCUT2D eigenvalue weighted by Gasteiger charge is -2.32. The third-order valence-corrected chi connectivity index (χ3v) is 5.06. The summed E-state index contributed by atoms with van der Waals surface area (Å²) in [5.41, 5.74) is 6.88. The predicted octanol–water partition coefficient (Wildman–Crippen LogP) is 2.25. The Balaban J connectivity index is 2.29. The van der Waals surface area contributed by atoms with Gasteiger partial charge in [-0.1, -0.05) is 6.92 Å². The number of hydrogen-bond donors (Lipinski definition) is 1. The van der Waals surface area contributed by atoms with Crippen LogP contribution >= 0.6 is 11.8 Å². The number of rotatable bonds is 4. The lowest BCUT2D eigenvalue weighted by Crippen LogP contribution is -2.42. The lowest BCUT2D eigenvalue weighted by molar-refractivity contribution is 0.0761. The highest BCUT2D eigenvalue weighted by atomic mass is 32.2. The summed E-state index contributed by atoms with van der Waals surface area (Å²) in [4.78, 5) is 14.6. The number of nitrogen functional groups attached to an aromatic ring is 1. The van der Waals surface area contributed by atoms with Gasteiger partial charge in [0.2, 0.25) is 0 Å². The van der Waals surface area contributed by atoms with E-state index in [0.29, 0.717) is 28.0 Å². The highest BCUT2D eigenvalue weighted by molar-refractivity contribution is 8.00. The highest BCUT2D eigenvalue weighted by Crippen LogP contribution is 2.32. The first kappa shape index (κ1) is 15.8. The van der Waals surface area contributed by atoms with Crippen molar-refractivity contribution in [2.24, 2.45) is 0 Å². The molecule has 1 amide bonds. The maximum Gasteiger partial charge on any atom is 0.256 e. The van der Waals surface area contributed by atoms with Gasteiger partial charge in [0.05, 0.1) is 25.5 Å². The maximum atomic E-state index is 12.7. The summed E-state index contributed by atoms with van der Waals surface area (Å²) >= 11 is 1.92. The smallest absolute Gasteiger partial charge is 0.256 e. The number of ether oxygens (including phenoxy) is 2. The van der Waals surface area contributed by atoms with Crippen LogP contribution in [0.3, 0.4) is 0 Å². The molecule has 2 rings (SSSR count). The molecule has 0 spiro atoms. The van der Waals surface area contributed by atoms with E-state index in [-0.39, 0.29) is 5.91 Å². The lowest BCUT2D eigenvalue weighted by atomic mass is 10.1. The van der Waals surface area contributed by atoms with Gasteiger partial charge in [-0.15, -0.1) is 0 Å². The molecule has 0 saturated carbocycles. The van der Waals surface area contributed by atoms with Crippen LogP contribution in [0.25, 0.3) is 0 Å². The summed E-state index contributed by atoms with van der Waals surface area (Å²) in [6.45, 7) is 3.66. The highest BCUT2D eigenvalue weighted by Gasteiger charge is 2.26. The van der Waals surface area contributed by atoms with Gasteiger partial charge >= 0.3 is 0 Å². The molecule has 1 saturated heterocycles. The molecule has 1 fully saturated rings. The molecule has 1 atom stereocenters. The van der Waals surface area contributed by atoms with Gasteiger partial charge in [0.1, 0.15) is 11.5 Å². The number of carbonyl (C=O) groups excluding carboxylic acids is 1. The monoisotopic (exact) mass is 310 g/mol. The molecule has 0 aliphatic carbocycles. The number of thioether (sulfide) groups is 1. The second kappa shape index (κ2) is 6.93. The molecule has 116 valence electrons. The first-order valence-corrected chi connectivity index (χ1v) is 8.08. The second-order valence-electron chi connectivity index (χ2n) is 4.94. The molecule has 21 heavy (non-hydrogen) atoms. The molecule has 1 aromatic carbocycles. The number of methoxy groups -OCH3 is 2. The largest absolute Gasteiger partial charge is 0.497 e. The van der Waals surface area contributed by atoms with E-state index < -0.39 is 0 Å². The second-order valence-corrected chi connectivity index (χ2v) is 6.35. The fourth-order valence-corrected chi connectivity index (χ4v) is 3.57. The van der Waals surface area contributed by atoms with Gasteiger partial charge in [0.15, 0.2) is 0 Å². The van der Waals surface area contributed by atoms with Gasteiger partial charge in [-0.05, 0) is 12.5 Å². The number of nitrogens with zero attached hydrogens (tertiary/aromatic N) is 1. The van der Waals surface area contributed by atoms with Gasteiger partial charge in [0.25, 0.3) is 5.91 Å². The molecule has 6 heteroatoms. The van der Waals surface area contributed by atoms with Crippen LogP contribution in [0.2, 0.25) is 0 Å². The van der Waals surface area contributed by atoms with E-state index in [1.54, 1.807) is 19.2 Å². The van der Waals surface area contributed by atoms with E-state index in [0.717, 1.165) is 25.3 Å². The van der Waals surface area contributed by atoms with Gasteiger partial charge in [0, 0.05) is 30.2 Å². The van der Waals surface area contributed by atoms with Gasteiger partial charge in [-0.25, -0.2) is 0 Å². The molecule has 1 aliphatic rings. The van der Waals surface area contributed by atoms with Crippen molar-refractivity contribution in [3.8, 4) is 11.5 Å². The first-order chi connectivity index (χ1) is 10.1. The van der Waals surface area contributed by atoms with E-state index >= 15 is 0 Å². The summed E-state index contributed by atoms with van der Waals surface area (Å²) in [6.07, 6.45) is 1.06. The quantitative estimate of drug-likeness (QED) is 0.864. The molecule has 1 aromatic rings. The number of amides is 1. The Morgan fingerprint density at radius 3 is 2.81 bits per heavy atom. The summed E-state index contributed by atoms with van der Waals surface area (Å²) in [5.74, 6) is 1.95. The Morgan fingerprint density at radius 1 is 1.43 bits per heavy atom. The Bertz CT molecular complexity index is 522. The van der Waals surface area contributed by atoms with E-state index in [4.69, 9.17) is 15.2 Å². The summed E-state index contributed by atoms with van der Waals surface area (Å²) in [5, 5.41) is 0.497. The minimum Gasteiger partial charge on any atom is -0.497 e. The van der Waals surface area contributed by atoms with Crippen LogP contribution in [0.15, 0.2) is 12.1 Å². The van der Waals surface area contributed by atoms with E-state index in [1.807, 2.05) is 16.7 Å². The summed E-state index contributed by atoms with van der Waals surface area (Å²) in [7, 11) is 3.09. The van der Waals surface area contributed by atoms with E-state index in [9.17, 15) is 4.79 Å². The molecular weight excluding hydrogens is 288 g/mol. The van der Waals surface area contributed by atoms with Crippen molar-refractivity contribution in [3.05, 3.63) is 17.7 Å². The topological polar surface area (TPSA) is 64.8 Å². The minimum absolute atomic E-state index is 0.0524. The third-order valence-electron chi connectivity index (χ3n) is 3.68. The summed E-state index contributed by atoms with van der Waals surface area (Å²) in [6, 6.07) is 3.37. The van der Waals surface area contributed by atoms with Crippen molar-refractivity contribution in [3.63, 3.8) is 0 Å². The van der Waals surface area contributed by atoms with Gasteiger partial charge in [-0.2, -0.15) is 11.8 Å². The van der Waals surface area contributed by atoms with Crippen LogP contribution in [0.5, 0.6) is 11.5 Å². The molecule has 0 aromatic heterocycles. The molecule has 0 bridgehead atoms. The third kappa shape index (κ3) is 3.37. The van der Waals surface area contributed by atoms with Crippen molar-refractivity contribution < 1.29 is 14.3 Å². The molecule has 1 unspecified atom stereocenters. The fourth-order valence-electron chi connectivity index (χ4n) is 2.39. The van der Waals surface area contributed by atoms with Crippen molar-refractivity contribution in [1.82, 2.24) is 4.90 Å². The maximum absolute atomic E-state index is 12.7. The molecule has 1 aliphatic heterocycles. The molecular formula is C15H22N2O3S. The van der Waals surface area contributed by atoms with Gasteiger partial charge in [-0.3, -0.25) is 4.79 Å².